The molecule has 0 aliphatic heterocycles. The number of hydrogen-bond donors (Lipinski definition) is 1. The third kappa shape index (κ3) is 3.42. The van der Waals surface area contributed by atoms with Crippen LogP contribution in [0.5, 0.6) is 0 Å². The first-order chi connectivity index (χ1) is 8.97. The van der Waals surface area contributed by atoms with Gasteiger partial charge in [-0.05, 0) is 39.0 Å². The molecule has 100 valence electrons. The molecule has 1 atom stereocenters. The molecule has 1 N–H and O–H groups in total. The first-order valence-electron chi connectivity index (χ1n) is 5.97. The van der Waals surface area contributed by atoms with Crippen molar-refractivity contribution in [1.82, 2.24) is 10.3 Å². The molecule has 5 heteroatoms. The third-order valence-corrected chi connectivity index (χ3v) is 4.52. The topological polar surface area (TPSA) is 42.0 Å². The summed E-state index contributed by atoms with van der Waals surface area (Å²) in [6.07, 6.45) is 0. The van der Waals surface area contributed by atoms with Crippen LogP contribution in [0.3, 0.4) is 0 Å². The molecule has 0 radical (unpaired) electrons. The summed E-state index contributed by atoms with van der Waals surface area (Å²) in [5.41, 5.74) is 1.64. The number of aryl methyl sites for hydroxylation is 2. The van der Waals surface area contributed by atoms with Gasteiger partial charge in [-0.15, -0.1) is 11.3 Å². The molecule has 0 fully saturated rings. The zero-order valence-corrected chi connectivity index (χ0v) is 13.4. The largest absolute Gasteiger partial charge is 0.345 e. The third-order valence-electron chi connectivity index (χ3n) is 2.77. The van der Waals surface area contributed by atoms with Gasteiger partial charge in [0, 0.05) is 14.9 Å². The summed E-state index contributed by atoms with van der Waals surface area (Å²) in [6, 6.07) is 7.34. The number of aromatic nitrogens is 1. The summed E-state index contributed by atoms with van der Waals surface area (Å²) in [5, 5.41) is 4.03. The summed E-state index contributed by atoms with van der Waals surface area (Å²) in [6.45, 7) is 5.93. The summed E-state index contributed by atoms with van der Waals surface area (Å²) in [5.74, 6) is -0.0701. The van der Waals surface area contributed by atoms with Crippen LogP contribution in [0.1, 0.15) is 38.9 Å². The Balaban J connectivity index is 2.13. The Morgan fingerprint density at radius 3 is 2.74 bits per heavy atom. The molecular weight excluding hydrogens is 324 g/mol. The minimum atomic E-state index is -0.0701. The van der Waals surface area contributed by atoms with Crippen LogP contribution in [-0.4, -0.2) is 10.9 Å². The number of nitrogens with zero attached hydrogens (tertiary/aromatic N) is 1. The van der Waals surface area contributed by atoms with Gasteiger partial charge in [0.05, 0.1) is 16.7 Å². The lowest BCUT2D eigenvalue weighted by atomic mass is 10.2. The van der Waals surface area contributed by atoms with E-state index in [1.165, 1.54) is 0 Å². The van der Waals surface area contributed by atoms with E-state index in [1.54, 1.807) is 17.4 Å². The Morgan fingerprint density at radius 2 is 2.16 bits per heavy atom. The molecule has 1 unspecified atom stereocenters. The molecule has 2 aromatic rings. The summed E-state index contributed by atoms with van der Waals surface area (Å²) in [7, 11) is 0. The average Bonchev–Trinajstić information content (AvgIpc) is 2.68. The van der Waals surface area contributed by atoms with Crippen molar-refractivity contribution in [2.24, 2.45) is 0 Å². The maximum atomic E-state index is 12.2. The number of carbonyl (C=O) groups is 1. The van der Waals surface area contributed by atoms with E-state index < -0.39 is 0 Å². The molecule has 0 saturated carbocycles. The van der Waals surface area contributed by atoms with Gasteiger partial charge in [0.1, 0.15) is 0 Å². The van der Waals surface area contributed by atoms with Crippen LogP contribution < -0.4 is 5.32 Å². The van der Waals surface area contributed by atoms with Crippen LogP contribution in [0.15, 0.2) is 28.7 Å². The number of carbonyl (C=O) groups excluding carboxylic acids is 1. The first-order valence-corrected chi connectivity index (χ1v) is 7.58. The molecule has 1 amide bonds. The Bertz CT molecular complexity index is 609. The van der Waals surface area contributed by atoms with Crippen LogP contribution in [0.4, 0.5) is 0 Å². The van der Waals surface area contributed by atoms with Crippen molar-refractivity contribution >= 4 is 33.2 Å². The van der Waals surface area contributed by atoms with Gasteiger partial charge in [-0.2, -0.15) is 0 Å². The van der Waals surface area contributed by atoms with Crippen molar-refractivity contribution in [3.63, 3.8) is 0 Å². The number of rotatable bonds is 3. The number of benzene rings is 1. The lowest BCUT2D eigenvalue weighted by Gasteiger charge is -2.13. The fourth-order valence-electron chi connectivity index (χ4n) is 1.92. The van der Waals surface area contributed by atoms with E-state index in [1.807, 2.05) is 39.0 Å². The second-order valence-corrected chi connectivity index (χ2v) is 6.54. The highest BCUT2D eigenvalue weighted by Crippen LogP contribution is 2.24. The molecule has 1 aromatic carbocycles. The van der Waals surface area contributed by atoms with Crippen molar-refractivity contribution in [3.05, 3.63) is 49.9 Å². The summed E-state index contributed by atoms with van der Waals surface area (Å²) in [4.78, 5) is 17.6. The van der Waals surface area contributed by atoms with Crippen molar-refractivity contribution in [1.29, 1.82) is 0 Å². The molecule has 0 aliphatic carbocycles. The molecule has 19 heavy (non-hydrogen) atoms. The maximum absolute atomic E-state index is 12.2. The molecule has 0 saturated heterocycles. The van der Waals surface area contributed by atoms with Gasteiger partial charge < -0.3 is 5.32 Å². The van der Waals surface area contributed by atoms with Crippen molar-refractivity contribution in [2.45, 2.75) is 26.8 Å². The summed E-state index contributed by atoms with van der Waals surface area (Å²) >= 11 is 5.00. The molecule has 1 aromatic heterocycles. The molecule has 3 nitrogen and oxygen atoms in total. The van der Waals surface area contributed by atoms with Gasteiger partial charge in [-0.3, -0.25) is 4.79 Å². The molecule has 0 spiro atoms. The first kappa shape index (κ1) is 14.2. The standard InChI is InChI=1S/C14H15BrN2OS/c1-8-13(19-10(3)16-8)9(2)17-14(18)11-5-4-6-12(15)7-11/h4-7,9H,1-3H3,(H,17,18). The second-order valence-electron chi connectivity index (χ2n) is 4.39. The average molecular weight is 339 g/mol. The van der Waals surface area contributed by atoms with E-state index >= 15 is 0 Å². The van der Waals surface area contributed by atoms with Crippen molar-refractivity contribution in [3.8, 4) is 0 Å². The van der Waals surface area contributed by atoms with E-state index in [2.05, 4.69) is 26.2 Å². The van der Waals surface area contributed by atoms with Crippen LogP contribution in [-0.2, 0) is 0 Å². The van der Waals surface area contributed by atoms with E-state index in [0.717, 1.165) is 20.1 Å². The van der Waals surface area contributed by atoms with E-state index in [-0.39, 0.29) is 11.9 Å². The molecule has 0 aliphatic rings. The SMILES string of the molecule is Cc1nc(C)c(C(C)NC(=O)c2cccc(Br)c2)s1. The van der Waals surface area contributed by atoms with Crippen LogP contribution in [0, 0.1) is 13.8 Å². The van der Waals surface area contributed by atoms with E-state index in [9.17, 15) is 4.79 Å². The molecule has 2 rings (SSSR count). The van der Waals surface area contributed by atoms with Gasteiger partial charge in [0.25, 0.3) is 5.91 Å². The van der Waals surface area contributed by atoms with Gasteiger partial charge in [0.2, 0.25) is 0 Å². The second kappa shape index (κ2) is 5.84. The maximum Gasteiger partial charge on any atom is 0.251 e. The van der Waals surface area contributed by atoms with E-state index in [0.29, 0.717) is 5.56 Å². The Morgan fingerprint density at radius 1 is 1.42 bits per heavy atom. The number of amides is 1. The zero-order chi connectivity index (χ0) is 14.0. The molecular formula is C14H15BrN2OS. The molecule has 0 bridgehead atoms. The van der Waals surface area contributed by atoms with Crippen molar-refractivity contribution in [2.75, 3.05) is 0 Å². The number of hydrogen-bond acceptors (Lipinski definition) is 3. The van der Waals surface area contributed by atoms with Gasteiger partial charge in [-0.1, -0.05) is 22.0 Å². The van der Waals surface area contributed by atoms with Gasteiger partial charge in [0.15, 0.2) is 0 Å². The van der Waals surface area contributed by atoms with Gasteiger partial charge >= 0.3 is 0 Å². The fraction of sp³-hybridized carbons (Fsp3) is 0.286. The van der Waals surface area contributed by atoms with Gasteiger partial charge in [-0.25, -0.2) is 4.98 Å². The fourth-order valence-corrected chi connectivity index (χ4v) is 3.25. The highest BCUT2D eigenvalue weighted by Gasteiger charge is 2.16. The predicted octanol–water partition coefficient (Wildman–Crippen LogP) is 4.01. The van der Waals surface area contributed by atoms with E-state index in [4.69, 9.17) is 0 Å². The normalized spacial score (nSPS) is 12.2. The quantitative estimate of drug-likeness (QED) is 0.918. The zero-order valence-electron chi connectivity index (χ0n) is 11.0. The number of nitrogens with one attached hydrogen (secondary N) is 1. The lowest BCUT2D eigenvalue weighted by Crippen LogP contribution is -2.26. The smallest absolute Gasteiger partial charge is 0.251 e. The Hall–Kier alpha value is -1.20. The Labute approximate surface area is 125 Å². The number of halogens is 1. The summed E-state index contributed by atoms with van der Waals surface area (Å²) < 4.78 is 0.901. The minimum Gasteiger partial charge on any atom is -0.345 e. The Kier molecular flexibility index (Phi) is 4.37. The number of thiazole rings is 1. The highest BCUT2D eigenvalue weighted by atomic mass is 79.9. The molecule has 1 heterocycles. The monoisotopic (exact) mass is 338 g/mol. The highest BCUT2D eigenvalue weighted by molar-refractivity contribution is 9.10. The van der Waals surface area contributed by atoms with Crippen LogP contribution in [0.25, 0.3) is 0 Å². The predicted molar refractivity (Wildman–Crippen MR) is 81.6 cm³/mol. The lowest BCUT2D eigenvalue weighted by molar-refractivity contribution is 0.0940. The van der Waals surface area contributed by atoms with Crippen molar-refractivity contribution < 1.29 is 4.79 Å². The van der Waals surface area contributed by atoms with Crippen LogP contribution in [0.2, 0.25) is 0 Å². The van der Waals surface area contributed by atoms with Crippen LogP contribution >= 0.6 is 27.3 Å². The minimum absolute atomic E-state index is 0.0299.